The normalized spacial score (nSPS) is 11.9. The monoisotopic (exact) mass is 336 g/mol. The van der Waals surface area contributed by atoms with Crippen molar-refractivity contribution < 1.29 is 9.13 Å². The molecule has 3 rings (SSSR count). The van der Waals surface area contributed by atoms with Crippen molar-refractivity contribution in [1.82, 2.24) is 4.98 Å². The molecule has 0 fully saturated rings. The molecule has 3 nitrogen and oxygen atoms in total. The fourth-order valence-corrected chi connectivity index (χ4v) is 2.72. The van der Waals surface area contributed by atoms with Crippen LogP contribution in [0.4, 0.5) is 4.39 Å². The summed E-state index contributed by atoms with van der Waals surface area (Å²) in [6.07, 6.45) is 2.60. The number of benzene rings is 2. The van der Waals surface area contributed by atoms with Gasteiger partial charge in [-0.05, 0) is 53.9 Å². The van der Waals surface area contributed by atoms with E-state index in [9.17, 15) is 4.39 Å². The van der Waals surface area contributed by atoms with Crippen LogP contribution in [0.1, 0.15) is 22.7 Å². The van der Waals surface area contributed by atoms with E-state index in [-0.39, 0.29) is 11.7 Å². The molecule has 0 radical (unpaired) electrons. The van der Waals surface area contributed by atoms with E-state index in [0.29, 0.717) is 13.2 Å². The molecule has 128 valence electrons. The van der Waals surface area contributed by atoms with Gasteiger partial charge in [0.2, 0.25) is 0 Å². The fourth-order valence-electron chi connectivity index (χ4n) is 2.72. The summed E-state index contributed by atoms with van der Waals surface area (Å²) in [6, 6.07) is 20.2. The number of nitrogens with two attached hydrogens (primary N) is 1. The molecule has 2 aromatic carbocycles. The predicted octanol–water partition coefficient (Wildman–Crippen LogP) is 4.08. The lowest BCUT2D eigenvalue weighted by atomic mass is 9.95. The third-order valence-corrected chi connectivity index (χ3v) is 4.09. The Morgan fingerprint density at radius 3 is 2.52 bits per heavy atom. The van der Waals surface area contributed by atoms with Gasteiger partial charge >= 0.3 is 0 Å². The van der Waals surface area contributed by atoms with E-state index >= 15 is 0 Å². The first-order chi connectivity index (χ1) is 12.2. The van der Waals surface area contributed by atoms with Crippen LogP contribution in [0, 0.1) is 5.82 Å². The molecular weight excluding hydrogens is 315 g/mol. The first kappa shape index (κ1) is 17.1. The molecule has 0 aliphatic carbocycles. The molecule has 1 atom stereocenters. The Bertz CT molecular complexity index is 791. The highest BCUT2D eigenvalue weighted by Gasteiger charge is 2.12. The summed E-state index contributed by atoms with van der Waals surface area (Å²) in [4.78, 5) is 4.41. The molecule has 4 heteroatoms. The summed E-state index contributed by atoms with van der Waals surface area (Å²) < 4.78 is 18.8. The van der Waals surface area contributed by atoms with Gasteiger partial charge in [-0.25, -0.2) is 4.39 Å². The van der Waals surface area contributed by atoms with Gasteiger partial charge in [-0.3, -0.25) is 4.98 Å². The molecule has 25 heavy (non-hydrogen) atoms. The second kappa shape index (κ2) is 8.40. The Hall–Kier alpha value is -2.72. The van der Waals surface area contributed by atoms with Crippen LogP contribution in [-0.4, -0.2) is 11.5 Å². The van der Waals surface area contributed by atoms with Crippen molar-refractivity contribution in [3.05, 3.63) is 95.6 Å². The van der Waals surface area contributed by atoms with Crippen molar-refractivity contribution in [2.75, 3.05) is 6.54 Å². The van der Waals surface area contributed by atoms with Crippen LogP contribution in [-0.2, 0) is 13.0 Å². The molecule has 0 saturated carbocycles. The lowest BCUT2D eigenvalue weighted by Gasteiger charge is -2.15. The molecule has 0 spiro atoms. The summed E-state index contributed by atoms with van der Waals surface area (Å²) in [5, 5.41) is 0. The Balaban J connectivity index is 1.65. The first-order valence-corrected chi connectivity index (χ1v) is 8.32. The van der Waals surface area contributed by atoms with Gasteiger partial charge in [0, 0.05) is 24.4 Å². The maximum absolute atomic E-state index is 12.9. The van der Waals surface area contributed by atoms with Gasteiger partial charge in [0.05, 0.1) is 0 Å². The lowest BCUT2D eigenvalue weighted by Crippen LogP contribution is -2.16. The molecule has 0 amide bonds. The molecule has 2 N–H and O–H groups in total. The number of hydrogen-bond acceptors (Lipinski definition) is 3. The average Bonchev–Trinajstić information content (AvgIpc) is 2.67. The zero-order valence-electron chi connectivity index (χ0n) is 13.9. The zero-order valence-corrected chi connectivity index (χ0v) is 13.9. The van der Waals surface area contributed by atoms with Crippen LogP contribution in [0.15, 0.2) is 72.9 Å². The molecule has 0 aliphatic rings. The van der Waals surface area contributed by atoms with Crippen LogP contribution in [0.3, 0.4) is 0 Å². The Morgan fingerprint density at radius 1 is 0.960 bits per heavy atom. The van der Waals surface area contributed by atoms with Crippen molar-refractivity contribution in [1.29, 1.82) is 0 Å². The molecule has 3 aromatic rings. The van der Waals surface area contributed by atoms with E-state index in [1.165, 1.54) is 12.1 Å². The minimum atomic E-state index is -0.243. The van der Waals surface area contributed by atoms with Crippen molar-refractivity contribution >= 4 is 0 Å². The second-order valence-corrected chi connectivity index (χ2v) is 5.95. The van der Waals surface area contributed by atoms with Gasteiger partial charge in [-0.2, -0.15) is 0 Å². The summed E-state index contributed by atoms with van der Waals surface area (Å²) in [5.41, 5.74) is 9.02. The highest BCUT2D eigenvalue weighted by atomic mass is 19.1. The van der Waals surface area contributed by atoms with Crippen LogP contribution < -0.4 is 10.5 Å². The number of nitrogens with zero attached hydrogens (tertiary/aromatic N) is 1. The van der Waals surface area contributed by atoms with Crippen molar-refractivity contribution in [2.45, 2.75) is 18.9 Å². The standard InChI is InChI=1S/C21H21FN2O/c22-19-9-7-16(8-10-19)15-25-20-5-3-4-17(13-20)12-18(14-23)21-6-1-2-11-24-21/h1-11,13,18H,12,14-15,23H2. The summed E-state index contributed by atoms with van der Waals surface area (Å²) in [7, 11) is 0. The smallest absolute Gasteiger partial charge is 0.123 e. The average molecular weight is 336 g/mol. The maximum Gasteiger partial charge on any atom is 0.123 e. The van der Waals surface area contributed by atoms with Crippen LogP contribution in [0.25, 0.3) is 0 Å². The minimum Gasteiger partial charge on any atom is -0.489 e. The fraction of sp³-hybridized carbons (Fsp3) is 0.190. The van der Waals surface area contributed by atoms with Crippen molar-refractivity contribution in [3.63, 3.8) is 0 Å². The Morgan fingerprint density at radius 2 is 1.80 bits per heavy atom. The van der Waals surface area contributed by atoms with Crippen molar-refractivity contribution in [3.8, 4) is 5.75 Å². The number of pyridine rings is 1. The van der Waals surface area contributed by atoms with E-state index in [1.54, 1.807) is 18.3 Å². The third-order valence-electron chi connectivity index (χ3n) is 4.09. The van der Waals surface area contributed by atoms with Gasteiger partial charge in [0.15, 0.2) is 0 Å². The van der Waals surface area contributed by atoms with Gasteiger partial charge in [0.1, 0.15) is 18.2 Å². The highest BCUT2D eigenvalue weighted by molar-refractivity contribution is 5.30. The van der Waals surface area contributed by atoms with Crippen LogP contribution in [0.5, 0.6) is 5.75 Å². The Kier molecular flexibility index (Phi) is 5.75. The maximum atomic E-state index is 12.9. The van der Waals surface area contributed by atoms with Gasteiger partial charge in [-0.15, -0.1) is 0 Å². The van der Waals surface area contributed by atoms with Gasteiger partial charge in [-0.1, -0.05) is 30.3 Å². The van der Waals surface area contributed by atoms with Gasteiger partial charge < -0.3 is 10.5 Å². The molecule has 1 heterocycles. The SMILES string of the molecule is NCC(Cc1cccc(OCc2ccc(F)cc2)c1)c1ccccn1. The molecule has 1 unspecified atom stereocenters. The molecule has 1 aromatic heterocycles. The predicted molar refractivity (Wildman–Crippen MR) is 96.9 cm³/mol. The summed E-state index contributed by atoms with van der Waals surface area (Å²) in [5.74, 6) is 0.722. The summed E-state index contributed by atoms with van der Waals surface area (Å²) in [6.45, 7) is 0.946. The summed E-state index contributed by atoms with van der Waals surface area (Å²) >= 11 is 0. The van der Waals surface area contributed by atoms with Crippen molar-refractivity contribution in [2.24, 2.45) is 5.73 Å². The largest absolute Gasteiger partial charge is 0.489 e. The molecule has 0 saturated heterocycles. The van der Waals surface area contributed by atoms with E-state index in [1.807, 2.05) is 36.4 Å². The Labute approximate surface area is 147 Å². The van der Waals surface area contributed by atoms with E-state index < -0.39 is 0 Å². The first-order valence-electron chi connectivity index (χ1n) is 8.32. The third kappa shape index (κ3) is 4.88. The number of aromatic nitrogens is 1. The van der Waals surface area contributed by atoms with E-state index in [2.05, 4.69) is 11.1 Å². The number of ether oxygens (including phenoxy) is 1. The topological polar surface area (TPSA) is 48.1 Å². The second-order valence-electron chi connectivity index (χ2n) is 5.95. The van der Waals surface area contributed by atoms with E-state index in [4.69, 9.17) is 10.5 Å². The number of rotatable bonds is 7. The lowest BCUT2D eigenvalue weighted by molar-refractivity contribution is 0.305. The number of halogens is 1. The molecule has 0 aliphatic heterocycles. The quantitative estimate of drug-likeness (QED) is 0.707. The van der Waals surface area contributed by atoms with Crippen LogP contribution in [0.2, 0.25) is 0 Å². The molecule has 0 bridgehead atoms. The zero-order chi connectivity index (χ0) is 17.5. The van der Waals surface area contributed by atoms with Crippen LogP contribution >= 0.6 is 0 Å². The van der Waals surface area contributed by atoms with Gasteiger partial charge in [0.25, 0.3) is 0 Å². The van der Waals surface area contributed by atoms with E-state index in [0.717, 1.165) is 29.0 Å². The minimum absolute atomic E-state index is 0.175. The molecular formula is C21H21FN2O. The number of hydrogen-bond donors (Lipinski definition) is 1. The highest BCUT2D eigenvalue weighted by Crippen LogP contribution is 2.22.